The lowest BCUT2D eigenvalue weighted by atomic mass is 10.1. The third kappa shape index (κ3) is 7.78. The number of nitrogens with one attached hydrogen (secondary N) is 1. The number of nitrogens with zero attached hydrogens (tertiary/aromatic N) is 2. The monoisotopic (exact) mass is 517 g/mol. The average molecular weight is 518 g/mol. The SMILES string of the molecule is Cc1cccc(CN(C(=O)CCCN(c2ccc(F)cc2)S(C)(=O)=O)[C@H](C)C(=O)NC2CCCC2)c1. The molecule has 1 aliphatic carbocycles. The van der Waals surface area contributed by atoms with E-state index < -0.39 is 21.9 Å². The molecule has 1 fully saturated rings. The minimum Gasteiger partial charge on any atom is -0.352 e. The van der Waals surface area contributed by atoms with Crippen molar-refractivity contribution >= 4 is 27.5 Å². The molecule has 7 nitrogen and oxygen atoms in total. The molecule has 1 atom stereocenters. The minimum absolute atomic E-state index is 0.0666. The second kappa shape index (κ2) is 12.3. The highest BCUT2D eigenvalue weighted by Crippen LogP contribution is 2.21. The van der Waals surface area contributed by atoms with Crippen LogP contribution in [0.15, 0.2) is 48.5 Å². The number of carbonyl (C=O) groups is 2. The van der Waals surface area contributed by atoms with Crippen LogP contribution >= 0.6 is 0 Å². The number of amides is 2. The predicted octanol–water partition coefficient (Wildman–Crippen LogP) is 4.16. The molecule has 0 heterocycles. The number of aryl methyl sites for hydroxylation is 1. The van der Waals surface area contributed by atoms with Gasteiger partial charge in [0.2, 0.25) is 21.8 Å². The molecule has 0 spiro atoms. The molecule has 0 aromatic heterocycles. The Hall–Kier alpha value is -2.94. The van der Waals surface area contributed by atoms with E-state index in [9.17, 15) is 22.4 Å². The lowest BCUT2D eigenvalue weighted by Crippen LogP contribution is -2.49. The van der Waals surface area contributed by atoms with Crippen LogP contribution in [0.4, 0.5) is 10.1 Å². The fourth-order valence-corrected chi connectivity index (χ4v) is 5.56. The predicted molar refractivity (Wildman–Crippen MR) is 139 cm³/mol. The highest BCUT2D eigenvalue weighted by Gasteiger charge is 2.28. The molecule has 2 aromatic rings. The van der Waals surface area contributed by atoms with Crippen LogP contribution in [-0.4, -0.2) is 50.0 Å². The van der Waals surface area contributed by atoms with Crippen LogP contribution in [0.3, 0.4) is 0 Å². The van der Waals surface area contributed by atoms with Crippen molar-refractivity contribution in [2.75, 3.05) is 17.1 Å². The number of sulfonamides is 1. The number of hydrogen-bond donors (Lipinski definition) is 1. The van der Waals surface area contributed by atoms with E-state index in [1.807, 2.05) is 31.2 Å². The Morgan fingerprint density at radius 2 is 1.78 bits per heavy atom. The molecule has 2 amide bonds. The van der Waals surface area contributed by atoms with Gasteiger partial charge in [0.1, 0.15) is 11.9 Å². The van der Waals surface area contributed by atoms with Gasteiger partial charge in [-0.1, -0.05) is 42.7 Å². The normalized spacial score (nSPS) is 14.9. The Labute approximate surface area is 213 Å². The van der Waals surface area contributed by atoms with Gasteiger partial charge in [-0.05, 0) is 62.9 Å². The van der Waals surface area contributed by atoms with Crippen LogP contribution in [0, 0.1) is 12.7 Å². The Kier molecular flexibility index (Phi) is 9.48. The molecule has 9 heteroatoms. The van der Waals surface area contributed by atoms with Gasteiger partial charge in [0.15, 0.2) is 0 Å². The van der Waals surface area contributed by atoms with Crippen molar-refractivity contribution < 1.29 is 22.4 Å². The maximum Gasteiger partial charge on any atom is 0.242 e. The van der Waals surface area contributed by atoms with E-state index in [1.54, 1.807) is 11.8 Å². The highest BCUT2D eigenvalue weighted by molar-refractivity contribution is 7.92. The maximum atomic E-state index is 13.4. The summed E-state index contributed by atoms with van der Waals surface area (Å²) in [6, 6.07) is 12.5. The first-order chi connectivity index (χ1) is 17.0. The zero-order valence-corrected chi connectivity index (χ0v) is 22.1. The fraction of sp³-hybridized carbons (Fsp3) is 0.481. The van der Waals surface area contributed by atoms with Crippen LogP contribution in [0.1, 0.15) is 56.6 Å². The number of anilines is 1. The standard InChI is InChI=1S/C27H36FN3O4S/c1-20-8-6-9-22(18-20)19-30(21(2)27(33)29-24-10-4-5-11-24)26(32)12-7-17-31(36(3,34)35)25-15-13-23(28)14-16-25/h6,8-9,13-16,18,21,24H,4-5,7,10-12,17,19H2,1-3H3,(H,29,33)/t21-/m1/s1. The molecular weight excluding hydrogens is 481 g/mol. The minimum atomic E-state index is -3.62. The van der Waals surface area contributed by atoms with E-state index in [-0.39, 0.29) is 43.8 Å². The maximum absolute atomic E-state index is 13.4. The summed E-state index contributed by atoms with van der Waals surface area (Å²) in [4.78, 5) is 27.9. The number of hydrogen-bond acceptors (Lipinski definition) is 4. The first-order valence-electron chi connectivity index (χ1n) is 12.4. The quantitative estimate of drug-likeness (QED) is 0.485. The third-order valence-electron chi connectivity index (χ3n) is 6.57. The summed E-state index contributed by atoms with van der Waals surface area (Å²) < 4.78 is 39.2. The van der Waals surface area contributed by atoms with Crippen molar-refractivity contribution in [1.29, 1.82) is 0 Å². The van der Waals surface area contributed by atoms with Crippen molar-refractivity contribution in [2.24, 2.45) is 0 Å². The smallest absolute Gasteiger partial charge is 0.242 e. The van der Waals surface area contributed by atoms with Gasteiger partial charge in [0.05, 0.1) is 11.9 Å². The van der Waals surface area contributed by atoms with Gasteiger partial charge in [-0.3, -0.25) is 13.9 Å². The summed E-state index contributed by atoms with van der Waals surface area (Å²) in [5.41, 5.74) is 2.33. The Balaban J connectivity index is 1.71. The van der Waals surface area contributed by atoms with Gasteiger partial charge in [-0.2, -0.15) is 0 Å². The van der Waals surface area contributed by atoms with E-state index in [1.165, 1.54) is 28.6 Å². The van der Waals surface area contributed by atoms with Crippen LogP contribution in [-0.2, 0) is 26.2 Å². The lowest BCUT2D eigenvalue weighted by molar-refractivity contribution is -0.141. The van der Waals surface area contributed by atoms with E-state index in [0.29, 0.717) is 5.69 Å². The van der Waals surface area contributed by atoms with Crippen LogP contribution in [0.2, 0.25) is 0 Å². The molecule has 0 aliphatic heterocycles. The number of rotatable bonds is 11. The summed E-state index contributed by atoms with van der Waals surface area (Å²) in [6.07, 6.45) is 5.50. The number of carbonyl (C=O) groups excluding carboxylic acids is 2. The molecule has 3 rings (SSSR count). The molecule has 1 saturated carbocycles. The molecule has 1 aliphatic rings. The van der Waals surface area contributed by atoms with Crippen molar-refractivity contribution in [3.8, 4) is 0 Å². The van der Waals surface area contributed by atoms with Gasteiger partial charge in [-0.25, -0.2) is 12.8 Å². The molecule has 0 radical (unpaired) electrons. The largest absolute Gasteiger partial charge is 0.352 e. The molecular formula is C27H36FN3O4S. The first kappa shape index (κ1) is 27.6. The second-order valence-electron chi connectivity index (χ2n) is 9.59. The van der Waals surface area contributed by atoms with Crippen LogP contribution in [0.25, 0.3) is 0 Å². The van der Waals surface area contributed by atoms with E-state index in [2.05, 4.69) is 5.32 Å². The number of halogens is 1. The highest BCUT2D eigenvalue weighted by atomic mass is 32.2. The second-order valence-corrected chi connectivity index (χ2v) is 11.5. The molecule has 36 heavy (non-hydrogen) atoms. The Morgan fingerprint density at radius 1 is 1.11 bits per heavy atom. The van der Waals surface area contributed by atoms with Gasteiger partial charge < -0.3 is 10.2 Å². The van der Waals surface area contributed by atoms with Crippen molar-refractivity contribution in [2.45, 2.75) is 71.0 Å². The van der Waals surface area contributed by atoms with Crippen LogP contribution < -0.4 is 9.62 Å². The lowest BCUT2D eigenvalue weighted by Gasteiger charge is -2.30. The summed E-state index contributed by atoms with van der Waals surface area (Å²) in [5, 5.41) is 3.08. The van der Waals surface area contributed by atoms with Gasteiger partial charge in [0, 0.05) is 25.6 Å². The van der Waals surface area contributed by atoms with Crippen molar-refractivity contribution in [3.05, 3.63) is 65.5 Å². The first-order valence-corrected chi connectivity index (χ1v) is 14.3. The van der Waals surface area contributed by atoms with Crippen molar-refractivity contribution in [1.82, 2.24) is 10.2 Å². The Bertz CT molecular complexity index is 1150. The molecule has 0 unspecified atom stereocenters. The zero-order valence-electron chi connectivity index (χ0n) is 21.2. The summed E-state index contributed by atoms with van der Waals surface area (Å²) in [5.74, 6) is -0.857. The summed E-state index contributed by atoms with van der Waals surface area (Å²) in [6.45, 7) is 4.06. The third-order valence-corrected chi connectivity index (χ3v) is 7.77. The fourth-order valence-electron chi connectivity index (χ4n) is 4.59. The number of benzene rings is 2. The molecule has 0 saturated heterocycles. The van der Waals surface area contributed by atoms with E-state index in [4.69, 9.17) is 0 Å². The summed E-state index contributed by atoms with van der Waals surface area (Å²) >= 11 is 0. The Morgan fingerprint density at radius 3 is 2.39 bits per heavy atom. The van der Waals surface area contributed by atoms with E-state index in [0.717, 1.165) is 43.1 Å². The van der Waals surface area contributed by atoms with Gasteiger partial charge >= 0.3 is 0 Å². The molecule has 0 bridgehead atoms. The summed E-state index contributed by atoms with van der Waals surface area (Å²) in [7, 11) is -3.62. The molecule has 1 N–H and O–H groups in total. The van der Waals surface area contributed by atoms with E-state index >= 15 is 0 Å². The topological polar surface area (TPSA) is 86.8 Å². The molecule has 196 valence electrons. The average Bonchev–Trinajstić information content (AvgIpc) is 3.33. The van der Waals surface area contributed by atoms with Gasteiger partial charge in [0.25, 0.3) is 0 Å². The molecule has 2 aromatic carbocycles. The van der Waals surface area contributed by atoms with Crippen molar-refractivity contribution in [3.63, 3.8) is 0 Å². The zero-order chi connectivity index (χ0) is 26.3. The van der Waals surface area contributed by atoms with Gasteiger partial charge in [-0.15, -0.1) is 0 Å². The van der Waals surface area contributed by atoms with Crippen LogP contribution in [0.5, 0.6) is 0 Å².